The van der Waals surface area contributed by atoms with Gasteiger partial charge in [0.15, 0.2) is 17.6 Å². The van der Waals surface area contributed by atoms with Gasteiger partial charge in [-0.2, -0.15) is 0 Å². The van der Waals surface area contributed by atoms with E-state index < -0.39 is 17.1 Å². The number of phenols is 1. The number of halogens is 1. The maximum Gasteiger partial charge on any atom is 0.166 e. The Balaban J connectivity index is 1.42. The van der Waals surface area contributed by atoms with Crippen LogP contribution in [-0.2, 0) is 24.8 Å². The topological polar surface area (TPSA) is 57.9 Å². The van der Waals surface area contributed by atoms with Gasteiger partial charge in [-0.1, -0.05) is 54.1 Å². The first-order valence-electron chi connectivity index (χ1n) is 13.4. The van der Waals surface area contributed by atoms with E-state index in [9.17, 15) is 10.2 Å². The molecule has 2 aliphatic carbocycles. The molecule has 38 heavy (non-hydrogen) atoms. The minimum atomic E-state index is -1.03. The summed E-state index contributed by atoms with van der Waals surface area (Å²) in [6.45, 7) is 6.25. The maximum atomic E-state index is 13.0. The third-order valence-electron chi connectivity index (χ3n) is 9.76. The summed E-state index contributed by atoms with van der Waals surface area (Å²) in [5.74, 6) is 0.710. The van der Waals surface area contributed by atoms with Crippen molar-refractivity contribution in [2.75, 3.05) is 13.1 Å². The standard InChI is InChI=1S/C32H29ClN2O3/c1-2-14-34-15-13-31-27-20-9-12-25(36)29(27)38-30(31)28-23(17-32(31,37)26(34)16-20)22-5-3-4-6-24(22)35(28)18-19-7-10-21(33)11-8-19/h2-12,26,30,36-37H,1,13-18H2/t26-,30+,31+,32-/m1/s1. The van der Waals surface area contributed by atoms with E-state index in [1.54, 1.807) is 6.07 Å². The van der Waals surface area contributed by atoms with Gasteiger partial charge in [0.2, 0.25) is 0 Å². The predicted octanol–water partition coefficient (Wildman–Crippen LogP) is 5.52. The van der Waals surface area contributed by atoms with E-state index >= 15 is 0 Å². The number of fused-ring (bicyclic) bond motifs is 4. The molecule has 0 radical (unpaired) electrons. The third kappa shape index (κ3) is 2.64. The molecule has 8 rings (SSSR count). The summed E-state index contributed by atoms with van der Waals surface area (Å²) < 4.78 is 9.20. The van der Waals surface area contributed by atoms with Crippen molar-refractivity contribution in [2.45, 2.75) is 49.0 Å². The lowest BCUT2D eigenvalue weighted by atomic mass is 9.49. The van der Waals surface area contributed by atoms with Crippen molar-refractivity contribution in [3.8, 4) is 11.5 Å². The van der Waals surface area contributed by atoms with Gasteiger partial charge in [0.1, 0.15) is 0 Å². The molecule has 1 aromatic heterocycles. The highest BCUT2D eigenvalue weighted by molar-refractivity contribution is 6.30. The average Bonchev–Trinajstić information content (AvgIpc) is 3.41. The van der Waals surface area contributed by atoms with Crippen molar-refractivity contribution in [1.82, 2.24) is 9.47 Å². The van der Waals surface area contributed by atoms with Crippen LogP contribution in [0.15, 0.2) is 73.3 Å². The molecule has 5 nitrogen and oxygen atoms in total. The van der Waals surface area contributed by atoms with Gasteiger partial charge in [0.05, 0.1) is 16.7 Å². The number of hydrogen-bond acceptors (Lipinski definition) is 4. The highest BCUT2D eigenvalue weighted by atomic mass is 35.5. The SMILES string of the molecule is C=CCN1CC[C@]23c4c5ccc(O)c4O[C@H]2c2c(c4ccccc4n2Cc2ccc(Cl)cc2)C[C@@]3(O)[C@H]1C5. The Kier molecular flexibility index (Phi) is 4.58. The van der Waals surface area contributed by atoms with E-state index in [1.165, 1.54) is 5.56 Å². The molecular weight excluding hydrogens is 496 g/mol. The fraction of sp³-hybridized carbons (Fsp3) is 0.312. The number of aromatic hydroxyl groups is 1. The van der Waals surface area contributed by atoms with Crippen LogP contribution in [0.5, 0.6) is 11.5 Å². The number of piperidine rings is 1. The number of likely N-dealkylation sites (tertiary alicyclic amines) is 1. The molecule has 4 aromatic rings. The first-order valence-corrected chi connectivity index (χ1v) is 13.8. The number of aromatic nitrogens is 1. The molecule has 0 amide bonds. The average molecular weight is 525 g/mol. The zero-order valence-electron chi connectivity index (χ0n) is 21.0. The van der Waals surface area contributed by atoms with E-state index in [4.69, 9.17) is 16.3 Å². The molecule has 2 bridgehead atoms. The van der Waals surface area contributed by atoms with Gasteiger partial charge in [-0.15, -0.1) is 6.58 Å². The van der Waals surface area contributed by atoms with Crippen LogP contribution < -0.4 is 4.74 Å². The molecule has 3 aromatic carbocycles. The van der Waals surface area contributed by atoms with Crippen molar-refractivity contribution in [2.24, 2.45) is 0 Å². The number of nitrogens with zero attached hydrogens (tertiary/aromatic N) is 2. The first kappa shape index (κ1) is 22.7. The summed E-state index contributed by atoms with van der Waals surface area (Å²) >= 11 is 6.20. The number of aliphatic hydroxyl groups is 1. The van der Waals surface area contributed by atoms with Crippen LogP contribution in [0.25, 0.3) is 10.9 Å². The molecule has 4 aliphatic rings. The largest absolute Gasteiger partial charge is 0.504 e. The van der Waals surface area contributed by atoms with E-state index in [2.05, 4.69) is 52.4 Å². The lowest BCUT2D eigenvalue weighted by Crippen LogP contribution is -2.74. The van der Waals surface area contributed by atoms with Crippen LogP contribution in [0, 0.1) is 0 Å². The van der Waals surface area contributed by atoms with Crippen LogP contribution in [0.2, 0.25) is 5.02 Å². The first-order chi connectivity index (χ1) is 18.5. The lowest BCUT2D eigenvalue weighted by Gasteiger charge is -2.62. The Labute approximate surface area is 226 Å². The second kappa shape index (κ2) is 7.66. The lowest BCUT2D eigenvalue weighted by molar-refractivity contribution is -0.171. The highest BCUT2D eigenvalue weighted by Crippen LogP contribution is 2.69. The molecule has 2 aliphatic heterocycles. The number of rotatable bonds is 4. The quantitative estimate of drug-likeness (QED) is 0.345. The number of benzene rings is 3. The van der Waals surface area contributed by atoms with Crippen LogP contribution in [0.3, 0.4) is 0 Å². The van der Waals surface area contributed by atoms with E-state index in [-0.39, 0.29) is 11.8 Å². The molecule has 2 N–H and O–H groups in total. The molecule has 3 heterocycles. The second-order valence-corrected chi connectivity index (χ2v) is 11.8. The van der Waals surface area contributed by atoms with E-state index in [1.807, 2.05) is 24.3 Å². The van der Waals surface area contributed by atoms with Crippen molar-refractivity contribution in [1.29, 1.82) is 0 Å². The molecule has 6 heteroatoms. The minimum absolute atomic E-state index is 0.0603. The van der Waals surface area contributed by atoms with Gasteiger partial charge < -0.3 is 19.5 Å². The molecule has 1 fully saturated rings. The fourth-order valence-electron chi connectivity index (χ4n) is 8.28. The van der Waals surface area contributed by atoms with Crippen molar-refractivity contribution in [3.05, 3.63) is 106 Å². The van der Waals surface area contributed by atoms with Crippen LogP contribution in [0.1, 0.15) is 40.5 Å². The molecule has 1 saturated heterocycles. The number of para-hydroxylation sites is 1. The van der Waals surface area contributed by atoms with Gasteiger partial charge in [0, 0.05) is 53.6 Å². The van der Waals surface area contributed by atoms with Gasteiger partial charge in [0.25, 0.3) is 0 Å². The van der Waals surface area contributed by atoms with Gasteiger partial charge >= 0.3 is 0 Å². The van der Waals surface area contributed by atoms with Crippen molar-refractivity contribution in [3.63, 3.8) is 0 Å². The second-order valence-electron chi connectivity index (χ2n) is 11.4. The zero-order chi connectivity index (χ0) is 25.8. The Bertz CT molecular complexity index is 1640. The number of phenolic OH excluding ortho intramolecular Hbond substituents is 1. The van der Waals surface area contributed by atoms with Crippen LogP contribution >= 0.6 is 11.6 Å². The Morgan fingerprint density at radius 2 is 1.92 bits per heavy atom. The summed E-state index contributed by atoms with van der Waals surface area (Å²) in [6, 6.07) is 20.2. The number of ether oxygens (including phenoxy) is 1. The molecule has 192 valence electrons. The minimum Gasteiger partial charge on any atom is -0.504 e. The van der Waals surface area contributed by atoms with Crippen molar-refractivity contribution < 1.29 is 14.9 Å². The zero-order valence-corrected chi connectivity index (χ0v) is 21.8. The summed E-state index contributed by atoms with van der Waals surface area (Å²) in [7, 11) is 0. The van der Waals surface area contributed by atoms with Gasteiger partial charge in [-0.3, -0.25) is 4.90 Å². The number of hydrogen-bond donors (Lipinski definition) is 2. The summed E-state index contributed by atoms with van der Waals surface area (Å²) in [5, 5.41) is 25.8. The summed E-state index contributed by atoms with van der Waals surface area (Å²) in [4.78, 5) is 2.39. The summed E-state index contributed by atoms with van der Waals surface area (Å²) in [5.41, 5.74) is 5.08. The molecular formula is C32H29ClN2O3. The smallest absolute Gasteiger partial charge is 0.166 e. The molecule has 0 saturated carbocycles. The Morgan fingerprint density at radius 3 is 2.74 bits per heavy atom. The Hall–Kier alpha value is -3.25. The van der Waals surface area contributed by atoms with Crippen molar-refractivity contribution >= 4 is 22.5 Å². The van der Waals surface area contributed by atoms with Crippen LogP contribution in [-0.4, -0.2) is 44.4 Å². The Morgan fingerprint density at radius 1 is 1.11 bits per heavy atom. The van der Waals surface area contributed by atoms with E-state index in [0.29, 0.717) is 23.7 Å². The molecule has 0 unspecified atom stereocenters. The van der Waals surface area contributed by atoms with Gasteiger partial charge in [-0.05, 0) is 53.8 Å². The van der Waals surface area contributed by atoms with Gasteiger partial charge in [-0.25, -0.2) is 0 Å². The predicted molar refractivity (Wildman–Crippen MR) is 148 cm³/mol. The maximum absolute atomic E-state index is 13.0. The third-order valence-corrected chi connectivity index (χ3v) is 10.0. The summed E-state index contributed by atoms with van der Waals surface area (Å²) in [6.07, 6.45) is 3.57. The fourth-order valence-corrected chi connectivity index (χ4v) is 8.41. The molecule has 4 atom stereocenters. The normalized spacial score (nSPS) is 28.6. The van der Waals surface area contributed by atoms with E-state index in [0.717, 1.165) is 59.2 Å². The highest BCUT2D eigenvalue weighted by Gasteiger charge is 2.73. The van der Waals surface area contributed by atoms with Crippen LogP contribution in [0.4, 0.5) is 0 Å². The molecule has 1 spiro atoms. The monoisotopic (exact) mass is 524 g/mol.